The zero-order valence-electron chi connectivity index (χ0n) is 14.7. The van der Waals surface area contributed by atoms with Gasteiger partial charge in [0.1, 0.15) is 0 Å². The molecule has 2 rings (SSSR count). The number of anilines is 1. The first kappa shape index (κ1) is 17.8. The van der Waals surface area contributed by atoms with Crippen LogP contribution in [0.1, 0.15) is 33.1 Å². The highest BCUT2D eigenvalue weighted by Gasteiger charge is 2.22. The highest BCUT2D eigenvalue weighted by Crippen LogP contribution is 2.24. The second-order valence-corrected chi connectivity index (χ2v) is 6.87. The van der Waals surface area contributed by atoms with Crippen molar-refractivity contribution < 1.29 is 4.79 Å². The van der Waals surface area contributed by atoms with Crippen molar-refractivity contribution >= 4 is 11.6 Å². The maximum atomic E-state index is 12.2. The largest absolute Gasteiger partial charge is 0.370 e. The summed E-state index contributed by atoms with van der Waals surface area (Å²) in [6.45, 7) is 7.23. The molecule has 1 heterocycles. The van der Waals surface area contributed by atoms with Gasteiger partial charge in [-0.3, -0.25) is 4.79 Å². The summed E-state index contributed by atoms with van der Waals surface area (Å²) >= 11 is 0. The molecule has 2 atom stereocenters. The summed E-state index contributed by atoms with van der Waals surface area (Å²) in [7, 11) is 2.07. The highest BCUT2D eigenvalue weighted by molar-refractivity contribution is 5.76. The number of piperidine rings is 1. The molecule has 1 aromatic rings. The van der Waals surface area contributed by atoms with E-state index in [4.69, 9.17) is 0 Å². The third kappa shape index (κ3) is 5.54. The lowest BCUT2D eigenvalue weighted by Gasteiger charge is -2.29. The Bertz CT molecular complexity index is 471. The highest BCUT2D eigenvalue weighted by atomic mass is 16.1. The SMILES string of the molecule is CC(CC(=O)NCC(C)N(C)c1ccccc1)C1CCNCC1. The summed E-state index contributed by atoms with van der Waals surface area (Å²) < 4.78 is 0. The Morgan fingerprint density at radius 3 is 2.57 bits per heavy atom. The Morgan fingerprint density at radius 2 is 1.91 bits per heavy atom. The van der Waals surface area contributed by atoms with Gasteiger partial charge in [-0.05, 0) is 56.8 Å². The molecule has 0 spiro atoms. The minimum absolute atomic E-state index is 0.185. The van der Waals surface area contributed by atoms with Crippen molar-refractivity contribution in [3.8, 4) is 0 Å². The predicted molar refractivity (Wildman–Crippen MR) is 96.7 cm³/mol. The number of likely N-dealkylation sites (N-methyl/N-ethyl adjacent to an activating group) is 1. The average molecular weight is 317 g/mol. The Balaban J connectivity index is 1.73. The van der Waals surface area contributed by atoms with E-state index in [1.54, 1.807) is 0 Å². The van der Waals surface area contributed by atoms with Gasteiger partial charge in [-0.1, -0.05) is 25.1 Å². The van der Waals surface area contributed by atoms with Crippen molar-refractivity contribution in [3.63, 3.8) is 0 Å². The molecule has 4 heteroatoms. The van der Waals surface area contributed by atoms with Gasteiger partial charge >= 0.3 is 0 Å². The maximum Gasteiger partial charge on any atom is 0.220 e. The number of hydrogen-bond donors (Lipinski definition) is 2. The van der Waals surface area contributed by atoms with Crippen LogP contribution in [0.2, 0.25) is 0 Å². The Hall–Kier alpha value is -1.55. The van der Waals surface area contributed by atoms with Crippen molar-refractivity contribution in [1.29, 1.82) is 0 Å². The van der Waals surface area contributed by atoms with Gasteiger partial charge in [0.15, 0.2) is 0 Å². The first-order chi connectivity index (χ1) is 11.1. The standard InChI is InChI=1S/C19H31N3O/c1-15(17-9-11-20-12-10-17)13-19(23)21-14-16(2)22(3)18-7-5-4-6-8-18/h4-8,15-17,20H,9-14H2,1-3H3,(H,21,23). The van der Waals surface area contributed by atoms with E-state index in [1.807, 2.05) is 18.2 Å². The molecule has 128 valence electrons. The Kier molecular flexibility index (Phi) is 6.90. The molecule has 1 aliphatic rings. The molecular weight excluding hydrogens is 286 g/mol. The van der Waals surface area contributed by atoms with Gasteiger partial charge in [0, 0.05) is 31.7 Å². The van der Waals surface area contributed by atoms with Gasteiger partial charge in [-0.2, -0.15) is 0 Å². The summed E-state index contributed by atoms with van der Waals surface area (Å²) in [5.74, 6) is 1.34. The zero-order valence-corrected chi connectivity index (χ0v) is 14.7. The molecule has 1 aliphatic heterocycles. The van der Waals surface area contributed by atoms with Crippen LogP contribution < -0.4 is 15.5 Å². The second-order valence-electron chi connectivity index (χ2n) is 6.87. The topological polar surface area (TPSA) is 44.4 Å². The van der Waals surface area contributed by atoms with E-state index >= 15 is 0 Å². The smallest absolute Gasteiger partial charge is 0.220 e. The monoisotopic (exact) mass is 317 g/mol. The average Bonchev–Trinajstić information content (AvgIpc) is 2.60. The molecule has 1 amide bonds. The van der Waals surface area contributed by atoms with Gasteiger partial charge in [0.05, 0.1) is 0 Å². The van der Waals surface area contributed by atoms with Crippen LogP contribution in [0.4, 0.5) is 5.69 Å². The van der Waals surface area contributed by atoms with Crippen LogP contribution in [-0.2, 0) is 4.79 Å². The van der Waals surface area contributed by atoms with Crippen molar-refractivity contribution in [3.05, 3.63) is 30.3 Å². The van der Waals surface area contributed by atoms with Crippen LogP contribution in [0.5, 0.6) is 0 Å². The first-order valence-corrected chi connectivity index (χ1v) is 8.83. The summed E-state index contributed by atoms with van der Waals surface area (Å²) in [5, 5.41) is 6.49. The summed E-state index contributed by atoms with van der Waals surface area (Å²) in [5.41, 5.74) is 1.18. The molecule has 4 nitrogen and oxygen atoms in total. The Labute approximate surface area is 140 Å². The molecule has 0 aliphatic carbocycles. The molecule has 1 fully saturated rings. The molecule has 0 aromatic heterocycles. The fourth-order valence-electron chi connectivity index (χ4n) is 3.26. The minimum Gasteiger partial charge on any atom is -0.370 e. The zero-order chi connectivity index (χ0) is 16.7. The van der Waals surface area contributed by atoms with Crippen LogP contribution in [0.15, 0.2) is 30.3 Å². The fraction of sp³-hybridized carbons (Fsp3) is 0.632. The normalized spacial score (nSPS) is 18.2. The summed E-state index contributed by atoms with van der Waals surface area (Å²) in [6, 6.07) is 10.6. The lowest BCUT2D eigenvalue weighted by Crippen LogP contribution is -2.41. The molecular formula is C19H31N3O. The molecule has 1 saturated heterocycles. The van der Waals surface area contributed by atoms with Crippen molar-refractivity contribution in [1.82, 2.24) is 10.6 Å². The minimum atomic E-state index is 0.185. The van der Waals surface area contributed by atoms with E-state index in [9.17, 15) is 4.79 Å². The van der Waals surface area contributed by atoms with E-state index < -0.39 is 0 Å². The summed E-state index contributed by atoms with van der Waals surface area (Å²) in [6.07, 6.45) is 3.04. The first-order valence-electron chi connectivity index (χ1n) is 8.83. The quantitative estimate of drug-likeness (QED) is 0.812. The molecule has 0 saturated carbocycles. The van der Waals surface area contributed by atoms with Gasteiger partial charge < -0.3 is 15.5 Å². The molecule has 2 unspecified atom stereocenters. The number of para-hydroxylation sites is 1. The van der Waals surface area contributed by atoms with Crippen LogP contribution in [0, 0.1) is 11.8 Å². The van der Waals surface area contributed by atoms with Crippen molar-refractivity contribution in [2.24, 2.45) is 11.8 Å². The number of rotatable bonds is 7. The van der Waals surface area contributed by atoms with E-state index in [0.717, 1.165) is 13.1 Å². The van der Waals surface area contributed by atoms with Crippen molar-refractivity contribution in [2.45, 2.75) is 39.2 Å². The van der Waals surface area contributed by atoms with E-state index in [0.29, 0.717) is 24.8 Å². The van der Waals surface area contributed by atoms with Gasteiger partial charge in [0.25, 0.3) is 0 Å². The third-order valence-electron chi connectivity index (χ3n) is 5.12. The van der Waals surface area contributed by atoms with Gasteiger partial charge in [0.2, 0.25) is 5.91 Å². The van der Waals surface area contributed by atoms with Gasteiger partial charge in [-0.25, -0.2) is 0 Å². The fourth-order valence-corrected chi connectivity index (χ4v) is 3.26. The van der Waals surface area contributed by atoms with Gasteiger partial charge in [-0.15, -0.1) is 0 Å². The number of benzene rings is 1. The number of nitrogens with one attached hydrogen (secondary N) is 2. The molecule has 2 N–H and O–H groups in total. The summed E-state index contributed by atoms with van der Waals surface area (Å²) in [4.78, 5) is 14.4. The second kappa shape index (κ2) is 8.92. The van der Waals surface area contributed by atoms with E-state index in [-0.39, 0.29) is 11.9 Å². The van der Waals surface area contributed by atoms with Crippen LogP contribution in [0.3, 0.4) is 0 Å². The van der Waals surface area contributed by atoms with E-state index in [2.05, 4.69) is 48.6 Å². The van der Waals surface area contributed by atoms with Crippen LogP contribution in [-0.4, -0.2) is 38.6 Å². The lowest BCUT2D eigenvalue weighted by atomic mass is 9.84. The third-order valence-corrected chi connectivity index (χ3v) is 5.12. The maximum absolute atomic E-state index is 12.2. The Morgan fingerprint density at radius 1 is 1.26 bits per heavy atom. The number of amides is 1. The molecule has 0 bridgehead atoms. The predicted octanol–water partition coefficient (Wildman–Crippen LogP) is 2.65. The van der Waals surface area contributed by atoms with Crippen LogP contribution in [0.25, 0.3) is 0 Å². The van der Waals surface area contributed by atoms with E-state index in [1.165, 1.54) is 18.5 Å². The molecule has 23 heavy (non-hydrogen) atoms. The van der Waals surface area contributed by atoms with Crippen LogP contribution >= 0.6 is 0 Å². The van der Waals surface area contributed by atoms with Crippen molar-refractivity contribution in [2.75, 3.05) is 31.6 Å². The molecule has 1 aromatic carbocycles. The lowest BCUT2D eigenvalue weighted by molar-refractivity contribution is -0.122. The number of carbonyl (C=O) groups excluding carboxylic acids is 1. The number of nitrogens with zero attached hydrogens (tertiary/aromatic N) is 1. The number of hydrogen-bond acceptors (Lipinski definition) is 3. The number of carbonyl (C=O) groups is 1. The molecule has 0 radical (unpaired) electrons.